The average molecular weight is 501 g/mol. The van der Waals surface area contributed by atoms with Gasteiger partial charge in [0.2, 0.25) is 5.91 Å². The Kier molecular flexibility index (Phi) is 7.13. The third kappa shape index (κ3) is 5.58. The van der Waals surface area contributed by atoms with Gasteiger partial charge in [-0.2, -0.15) is 18.3 Å². The highest BCUT2D eigenvalue weighted by atomic mass is 19.4. The van der Waals surface area contributed by atoms with Crippen LogP contribution in [0.2, 0.25) is 0 Å². The van der Waals surface area contributed by atoms with E-state index in [2.05, 4.69) is 25.0 Å². The SMILES string of the molecule is CN=CN=C(N)c1[nH]c(-c2cccc(N3CCN(C(C)=O)CC3)c2)cc1-c1ccnn1CC(F)(F)F. The van der Waals surface area contributed by atoms with Crippen LogP contribution >= 0.6 is 0 Å². The predicted molar refractivity (Wildman–Crippen MR) is 133 cm³/mol. The molecule has 190 valence electrons. The number of hydrogen-bond acceptors (Lipinski definition) is 4. The van der Waals surface area contributed by atoms with Gasteiger partial charge in [0, 0.05) is 68.9 Å². The fourth-order valence-electron chi connectivity index (χ4n) is 4.21. The number of anilines is 1. The monoisotopic (exact) mass is 500 g/mol. The number of halogens is 3. The van der Waals surface area contributed by atoms with Crippen LogP contribution in [0.25, 0.3) is 22.5 Å². The molecule has 1 saturated heterocycles. The Morgan fingerprint density at radius 2 is 1.94 bits per heavy atom. The molecule has 3 aromatic rings. The summed E-state index contributed by atoms with van der Waals surface area (Å²) in [5, 5.41) is 3.86. The lowest BCUT2D eigenvalue weighted by atomic mass is 10.1. The lowest BCUT2D eigenvalue weighted by Gasteiger charge is -2.35. The van der Waals surface area contributed by atoms with Gasteiger partial charge in [-0.1, -0.05) is 12.1 Å². The molecule has 0 bridgehead atoms. The molecule has 1 amide bonds. The van der Waals surface area contributed by atoms with E-state index in [0.29, 0.717) is 43.1 Å². The molecule has 0 atom stereocenters. The Labute approximate surface area is 206 Å². The van der Waals surface area contributed by atoms with E-state index in [1.54, 1.807) is 13.0 Å². The first-order chi connectivity index (χ1) is 17.2. The van der Waals surface area contributed by atoms with Crippen molar-refractivity contribution in [3.63, 3.8) is 0 Å². The highest BCUT2D eigenvalue weighted by molar-refractivity contribution is 6.05. The van der Waals surface area contributed by atoms with E-state index in [0.717, 1.165) is 15.9 Å². The molecule has 0 saturated carbocycles. The van der Waals surface area contributed by atoms with Gasteiger partial charge in [0.05, 0.1) is 11.4 Å². The largest absolute Gasteiger partial charge is 0.408 e. The van der Waals surface area contributed by atoms with Crippen LogP contribution in [0.15, 0.2) is 52.6 Å². The molecule has 9 nitrogen and oxygen atoms in total. The minimum Gasteiger partial charge on any atom is -0.382 e. The van der Waals surface area contributed by atoms with Crippen LogP contribution in [0.5, 0.6) is 0 Å². The number of aliphatic imine (C=N–C) groups is 2. The summed E-state index contributed by atoms with van der Waals surface area (Å²) in [5.41, 5.74) is 9.72. The Hall–Kier alpha value is -4.09. The molecule has 1 aliphatic heterocycles. The average Bonchev–Trinajstić information content (AvgIpc) is 3.48. The molecule has 4 rings (SSSR count). The second-order valence-corrected chi connectivity index (χ2v) is 8.39. The molecular weight excluding hydrogens is 473 g/mol. The zero-order chi connectivity index (χ0) is 25.9. The Morgan fingerprint density at radius 1 is 1.19 bits per heavy atom. The lowest BCUT2D eigenvalue weighted by molar-refractivity contribution is -0.142. The number of amides is 1. The fourth-order valence-corrected chi connectivity index (χ4v) is 4.21. The molecule has 1 aliphatic rings. The van der Waals surface area contributed by atoms with Gasteiger partial charge in [-0.15, -0.1) is 0 Å². The number of nitrogens with one attached hydrogen (secondary N) is 1. The molecule has 0 spiro atoms. The van der Waals surface area contributed by atoms with Crippen molar-refractivity contribution >= 4 is 23.8 Å². The van der Waals surface area contributed by atoms with Crippen LogP contribution in [0.3, 0.4) is 0 Å². The first-order valence-corrected chi connectivity index (χ1v) is 11.3. The summed E-state index contributed by atoms with van der Waals surface area (Å²) in [6.07, 6.45) is -1.84. The number of aromatic amines is 1. The summed E-state index contributed by atoms with van der Waals surface area (Å²) in [6, 6.07) is 11.1. The number of aromatic nitrogens is 3. The number of nitrogens with two attached hydrogens (primary N) is 1. The highest BCUT2D eigenvalue weighted by Gasteiger charge is 2.30. The normalized spacial score (nSPS) is 15.2. The molecule has 1 fully saturated rings. The van der Waals surface area contributed by atoms with Crippen LogP contribution in [-0.2, 0) is 11.3 Å². The number of rotatable bonds is 6. The van der Waals surface area contributed by atoms with E-state index in [1.165, 1.54) is 25.6 Å². The predicted octanol–water partition coefficient (Wildman–Crippen LogP) is 3.14. The second-order valence-electron chi connectivity index (χ2n) is 8.39. The molecule has 3 N–H and O–H groups in total. The first-order valence-electron chi connectivity index (χ1n) is 11.3. The van der Waals surface area contributed by atoms with E-state index in [1.807, 2.05) is 29.2 Å². The van der Waals surface area contributed by atoms with Crippen molar-refractivity contribution in [2.45, 2.75) is 19.6 Å². The molecule has 0 unspecified atom stereocenters. The van der Waals surface area contributed by atoms with Crippen molar-refractivity contribution in [3.8, 4) is 22.5 Å². The molecule has 2 aromatic heterocycles. The maximum Gasteiger partial charge on any atom is 0.408 e. The number of benzene rings is 1. The smallest absolute Gasteiger partial charge is 0.382 e. The summed E-state index contributed by atoms with van der Waals surface area (Å²) in [5.74, 6) is 0.144. The van der Waals surface area contributed by atoms with Gasteiger partial charge >= 0.3 is 6.18 Å². The Morgan fingerprint density at radius 3 is 2.61 bits per heavy atom. The minimum atomic E-state index is -4.44. The number of nitrogens with zero attached hydrogens (tertiary/aromatic N) is 6. The molecule has 3 heterocycles. The Bertz CT molecular complexity index is 1280. The molecule has 36 heavy (non-hydrogen) atoms. The van der Waals surface area contributed by atoms with Gasteiger partial charge in [0.1, 0.15) is 18.7 Å². The summed E-state index contributed by atoms with van der Waals surface area (Å²) >= 11 is 0. The first kappa shape index (κ1) is 25.0. The molecule has 1 aromatic carbocycles. The number of amidine groups is 1. The van der Waals surface area contributed by atoms with Crippen molar-refractivity contribution in [1.82, 2.24) is 19.7 Å². The summed E-state index contributed by atoms with van der Waals surface area (Å²) in [4.78, 5) is 26.8. The van der Waals surface area contributed by atoms with Crippen LogP contribution in [0.1, 0.15) is 12.6 Å². The van der Waals surface area contributed by atoms with Gasteiger partial charge in [-0.25, -0.2) is 4.99 Å². The van der Waals surface area contributed by atoms with Gasteiger partial charge in [0.25, 0.3) is 0 Å². The number of carbonyl (C=O) groups is 1. The molecular formula is C24H27F3N8O. The number of H-pyrrole nitrogens is 1. The van der Waals surface area contributed by atoms with Gasteiger partial charge in [0.15, 0.2) is 0 Å². The van der Waals surface area contributed by atoms with E-state index in [4.69, 9.17) is 5.73 Å². The minimum absolute atomic E-state index is 0.0620. The van der Waals surface area contributed by atoms with Crippen LogP contribution in [0.4, 0.5) is 18.9 Å². The third-order valence-corrected chi connectivity index (χ3v) is 5.95. The Balaban J connectivity index is 1.71. The van der Waals surface area contributed by atoms with Crippen LogP contribution < -0.4 is 10.6 Å². The van der Waals surface area contributed by atoms with E-state index >= 15 is 0 Å². The van der Waals surface area contributed by atoms with Crippen molar-refractivity contribution in [3.05, 3.63) is 48.3 Å². The number of hydrogen-bond donors (Lipinski definition) is 2. The van der Waals surface area contributed by atoms with Crippen molar-refractivity contribution in [2.75, 3.05) is 38.1 Å². The van der Waals surface area contributed by atoms with Crippen molar-refractivity contribution in [1.29, 1.82) is 0 Å². The zero-order valence-corrected chi connectivity index (χ0v) is 20.0. The quantitative estimate of drug-likeness (QED) is 0.401. The van der Waals surface area contributed by atoms with Crippen molar-refractivity contribution < 1.29 is 18.0 Å². The van der Waals surface area contributed by atoms with Crippen LogP contribution in [-0.4, -0.2) is 77.1 Å². The summed E-state index contributed by atoms with van der Waals surface area (Å²) in [6.45, 7) is 3.04. The van der Waals surface area contributed by atoms with Crippen LogP contribution in [0, 0.1) is 0 Å². The molecule has 0 aliphatic carbocycles. The topological polar surface area (TPSA) is 108 Å². The summed E-state index contributed by atoms with van der Waals surface area (Å²) < 4.78 is 40.3. The zero-order valence-electron chi connectivity index (χ0n) is 20.0. The van der Waals surface area contributed by atoms with E-state index in [-0.39, 0.29) is 17.4 Å². The van der Waals surface area contributed by atoms with E-state index in [9.17, 15) is 18.0 Å². The number of alkyl halides is 3. The molecule has 12 heteroatoms. The maximum absolute atomic E-state index is 13.1. The van der Waals surface area contributed by atoms with Crippen molar-refractivity contribution in [2.24, 2.45) is 15.7 Å². The highest BCUT2D eigenvalue weighted by Crippen LogP contribution is 2.32. The molecule has 0 radical (unpaired) electrons. The number of carbonyl (C=O) groups excluding carboxylic acids is 1. The summed E-state index contributed by atoms with van der Waals surface area (Å²) in [7, 11) is 1.54. The standard InChI is InChI=1S/C24H27F3N8O/c1-16(36)33-8-10-34(11-9-33)18-5-3-4-17(12-18)20-13-19(22(32-20)23(28)30-15-29-2)21-6-7-31-35(21)14-24(25,26)27/h3-7,12-13,15,32H,8-11,14H2,1-2H3,(H2,28,29,30). The van der Waals surface area contributed by atoms with E-state index < -0.39 is 12.7 Å². The maximum atomic E-state index is 13.1. The number of piperazine rings is 1. The van der Waals surface area contributed by atoms with Gasteiger partial charge in [-0.3, -0.25) is 14.5 Å². The second kappa shape index (κ2) is 10.3. The van der Waals surface area contributed by atoms with Gasteiger partial charge < -0.3 is 20.5 Å². The fraction of sp³-hybridized carbons (Fsp3) is 0.333. The van der Waals surface area contributed by atoms with Gasteiger partial charge in [-0.05, 0) is 24.3 Å². The lowest BCUT2D eigenvalue weighted by Crippen LogP contribution is -2.48. The third-order valence-electron chi connectivity index (χ3n) is 5.95.